The molecule has 0 heterocycles. The molecule has 0 bridgehead atoms. The Morgan fingerprint density at radius 3 is 2.26 bits per heavy atom. The smallest absolute Gasteiger partial charge is 0.244 e. The zero-order valence-electron chi connectivity index (χ0n) is 20.5. The van der Waals surface area contributed by atoms with Crippen molar-refractivity contribution >= 4 is 50.7 Å². The van der Waals surface area contributed by atoms with E-state index < -0.39 is 28.5 Å². The monoisotopic (exact) mass is 541 g/mol. The highest BCUT2D eigenvalue weighted by molar-refractivity contribution is 7.92. The molecule has 2 rings (SSSR count). The van der Waals surface area contributed by atoms with Crippen LogP contribution in [0.15, 0.2) is 48.5 Å². The summed E-state index contributed by atoms with van der Waals surface area (Å²) in [5, 5.41) is 3.37. The number of rotatable bonds is 12. The Bertz CT molecular complexity index is 1110. The first-order valence-electron chi connectivity index (χ1n) is 11.5. The number of amides is 2. The number of sulfonamides is 1. The van der Waals surface area contributed by atoms with Crippen LogP contribution in [0.3, 0.4) is 0 Å². The van der Waals surface area contributed by atoms with Crippen LogP contribution in [0.5, 0.6) is 0 Å². The number of nitrogens with zero attached hydrogens (tertiary/aromatic N) is 2. The van der Waals surface area contributed by atoms with E-state index in [1.807, 2.05) is 51.1 Å². The standard InChI is InChI=1S/C25H33Cl2N3O4S/c1-5-18(3)28-25(32)22(6-2)29(15-14-19-10-8-7-9-11-19)24(31)17-30(35(4,33)34)23-16-20(26)12-13-21(23)27/h7-13,16,18,22H,5-6,14-15,17H2,1-4H3,(H,28,32). The first kappa shape index (κ1) is 28.9. The first-order chi connectivity index (χ1) is 16.5. The summed E-state index contributed by atoms with van der Waals surface area (Å²) in [7, 11) is -3.89. The van der Waals surface area contributed by atoms with Crippen molar-refractivity contribution in [3.63, 3.8) is 0 Å². The zero-order chi connectivity index (χ0) is 26.2. The Labute approximate surface area is 218 Å². The van der Waals surface area contributed by atoms with E-state index in [4.69, 9.17) is 23.2 Å². The van der Waals surface area contributed by atoms with Crippen molar-refractivity contribution in [1.29, 1.82) is 0 Å². The van der Waals surface area contributed by atoms with Crippen molar-refractivity contribution < 1.29 is 18.0 Å². The minimum Gasteiger partial charge on any atom is -0.352 e. The summed E-state index contributed by atoms with van der Waals surface area (Å²) in [6.07, 6.45) is 2.63. The van der Waals surface area contributed by atoms with Gasteiger partial charge in [-0.15, -0.1) is 0 Å². The predicted molar refractivity (Wildman–Crippen MR) is 142 cm³/mol. The molecule has 2 amide bonds. The van der Waals surface area contributed by atoms with Gasteiger partial charge in [-0.05, 0) is 49.9 Å². The highest BCUT2D eigenvalue weighted by Gasteiger charge is 2.32. The topological polar surface area (TPSA) is 86.8 Å². The third kappa shape index (κ3) is 8.40. The normalized spacial score (nSPS) is 13.1. The third-order valence-electron chi connectivity index (χ3n) is 5.73. The van der Waals surface area contributed by atoms with Gasteiger partial charge in [-0.25, -0.2) is 8.42 Å². The van der Waals surface area contributed by atoms with E-state index in [0.29, 0.717) is 12.8 Å². The number of halogens is 2. The molecule has 2 unspecified atom stereocenters. The van der Waals surface area contributed by atoms with E-state index >= 15 is 0 Å². The average molecular weight is 543 g/mol. The van der Waals surface area contributed by atoms with Crippen molar-refractivity contribution in [2.75, 3.05) is 23.7 Å². The molecule has 0 aliphatic heterocycles. The fourth-order valence-electron chi connectivity index (χ4n) is 3.61. The molecule has 35 heavy (non-hydrogen) atoms. The second kappa shape index (κ2) is 13.1. The van der Waals surface area contributed by atoms with Crippen molar-refractivity contribution in [3.05, 3.63) is 64.1 Å². The number of hydrogen-bond acceptors (Lipinski definition) is 4. The van der Waals surface area contributed by atoms with Crippen LogP contribution >= 0.6 is 23.2 Å². The van der Waals surface area contributed by atoms with Gasteiger partial charge in [-0.1, -0.05) is 67.4 Å². The van der Waals surface area contributed by atoms with Gasteiger partial charge in [0.15, 0.2) is 0 Å². The van der Waals surface area contributed by atoms with Crippen molar-refractivity contribution in [3.8, 4) is 0 Å². The van der Waals surface area contributed by atoms with Gasteiger partial charge in [-0.3, -0.25) is 13.9 Å². The molecule has 2 aromatic rings. The van der Waals surface area contributed by atoms with E-state index in [-0.39, 0.29) is 34.2 Å². The SMILES string of the molecule is CCC(C)NC(=O)C(CC)N(CCc1ccccc1)C(=O)CN(c1cc(Cl)ccc1Cl)S(C)(=O)=O. The van der Waals surface area contributed by atoms with Crippen LogP contribution in [0.1, 0.15) is 39.2 Å². The molecule has 0 aliphatic rings. The second-order valence-electron chi connectivity index (χ2n) is 8.43. The summed E-state index contributed by atoms with van der Waals surface area (Å²) in [4.78, 5) is 28.2. The van der Waals surface area contributed by atoms with Crippen LogP contribution < -0.4 is 9.62 Å². The lowest BCUT2D eigenvalue weighted by atomic mass is 10.1. The van der Waals surface area contributed by atoms with Gasteiger partial charge in [0.05, 0.1) is 17.0 Å². The molecule has 0 fully saturated rings. The van der Waals surface area contributed by atoms with E-state index in [1.165, 1.54) is 23.1 Å². The number of nitrogens with one attached hydrogen (secondary N) is 1. The molecule has 10 heteroatoms. The zero-order valence-corrected chi connectivity index (χ0v) is 22.8. The number of carbonyl (C=O) groups is 2. The molecule has 0 saturated heterocycles. The van der Waals surface area contributed by atoms with Crippen LogP contribution in [-0.2, 0) is 26.0 Å². The maximum Gasteiger partial charge on any atom is 0.244 e. The van der Waals surface area contributed by atoms with Gasteiger partial charge in [0.1, 0.15) is 12.6 Å². The quantitative estimate of drug-likeness (QED) is 0.427. The van der Waals surface area contributed by atoms with Gasteiger partial charge in [-0.2, -0.15) is 0 Å². The Morgan fingerprint density at radius 2 is 1.69 bits per heavy atom. The van der Waals surface area contributed by atoms with Crippen LogP contribution in [0, 0.1) is 0 Å². The molecule has 0 aliphatic carbocycles. The fraction of sp³-hybridized carbons (Fsp3) is 0.440. The third-order valence-corrected chi connectivity index (χ3v) is 7.41. The minimum absolute atomic E-state index is 0.0552. The van der Waals surface area contributed by atoms with Gasteiger partial charge in [0.25, 0.3) is 0 Å². The molecule has 7 nitrogen and oxygen atoms in total. The minimum atomic E-state index is -3.89. The lowest BCUT2D eigenvalue weighted by molar-refractivity contribution is -0.139. The fourth-order valence-corrected chi connectivity index (χ4v) is 4.90. The summed E-state index contributed by atoms with van der Waals surface area (Å²) >= 11 is 12.3. The number of anilines is 1. The highest BCUT2D eigenvalue weighted by Crippen LogP contribution is 2.30. The average Bonchev–Trinajstić information content (AvgIpc) is 2.81. The molecule has 2 atom stereocenters. The molecule has 0 saturated carbocycles. The summed E-state index contributed by atoms with van der Waals surface area (Å²) in [6, 6.07) is 13.2. The van der Waals surface area contributed by atoms with Gasteiger partial charge >= 0.3 is 0 Å². The molecule has 0 spiro atoms. The van der Waals surface area contributed by atoms with Gasteiger partial charge in [0, 0.05) is 17.6 Å². The molecular formula is C25H33Cl2N3O4S. The number of benzene rings is 2. The molecular weight excluding hydrogens is 509 g/mol. The Balaban J connectivity index is 2.40. The molecule has 0 radical (unpaired) electrons. The van der Waals surface area contributed by atoms with E-state index in [2.05, 4.69) is 5.32 Å². The van der Waals surface area contributed by atoms with Crippen LogP contribution in [0.25, 0.3) is 0 Å². The van der Waals surface area contributed by atoms with Crippen LogP contribution in [-0.4, -0.2) is 56.6 Å². The lowest BCUT2D eigenvalue weighted by Gasteiger charge is -2.33. The summed E-state index contributed by atoms with van der Waals surface area (Å²) in [6.45, 7) is 5.42. The van der Waals surface area contributed by atoms with E-state index in [1.54, 1.807) is 0 Å². The molecule has 0 aromatic heterocycles. The number of hydrogen-bond donors (Lipinski definition) is 1. The molecule has 1 N–H and O–H groups in total. The number of carbonyl (C=O) groups excluding carboxylic acids is 2. The lowest BCUT2D eigenvalue weighted by Crippen LogP contribution is -2.54. The maximum atomic E-state index is 13.6. The first-order valence-corrected chi connectivity index (χ1v) is 14.1. The van der Waals surface area contributed by atoms with Gasteiger partial charge in [0.2, 0.25) is 21.8 Å². The maximum absolute atomic E-state index is 13.6. The van der Waals surface area contributed by atoms with Crippen molar-refractivity contribution in [2.24, 2.45) is 0 Å². The Morgan fingerprint density at radius 1 is 1.03 bits per heavy atom. The second-order valence-corrected chi connectivity index (χ2v) is 11.2. The van der Waals surface area contributed by atoms with Crippen LogP contribution in [0.2, 0.25) is 10.0 Å². The summed E-state index contributed by atoms with van der Waals surface area (Å²) < 4.78 is 26.3. The van der Waals surface area contributed by atoms with Crippen LogP contribution in [0.4, 0.5) is 5.69 Å². The summed E-state index contributed by atoms with van der Waals surface area (Å²) in [5.41, 5.74) is 1.11. The van der Waals surface area contributed by atoms with E-state index in [9.17, 15) is 18.0 Å². The van der Waals surface area contributed by atoms with Crippen molar-refractivity contribution in [2.45, 2.75) is 52.1 Å². The van der Waals surface area contributed by atoms with E-state index in [0.717, 1.165) is 22.5 Å². The highest BCUT2D eigenvalue weighted by atomic mass is 35.5. The molecule has 192 valence electrons. The predicted octanol–water partition coefficient (Wildman–Crippen LogP) is 4.52. The summed E-state index contributed by atoms with van der Waals surface area (Å²) in [5.74, 6) is -0.775. The largest absolute Gasteiger partial charge is 0.352 e. The molecule has 2 aromatic carbocycles. The Hall–Kier alpha value is -2.29. The Kier molecular flexibility index (Phi) is 10.9. The van der Waals surface area contributed by atoms with Gasteiger partial charge < -0.3 is 10.2 Å². The van der Waals surface area contributed by atoms with Crippen molar-refractivity contribution in [1.82, 2.24) is 10.2 Å².